The topological polar surface area (TPSA) is 61.7 Å². The van der Waals surface area contributed by atoms with E-state index in [-0.39, 0.29) is 17.4 Å². The number of piperazine rings is 1. The van der Waals surface area contributed by atoms with Gasteiger partial charge < -0.3 is 19.3 Å². The average molecular weight is 480 g/mol. The van der Waals surface area contributed by atoms with Crippen LogP contribution in [-0.4, -0.2) is 59.6 Å². The molecule has 7 nitrogen and oxygen atoms in total. The van der Waals surface area contributed by atoms with Crippen molar-refractivity contribution in [1.29, 1.82) is 0 Å². The highest BCUT2D eigenvalue weighted by atomic mass is 35.5. The molecule has 0 unspecified atom stereocenters. The maximum atomic E-state index is 13.2. The maximum Gasteiger partial charge on any atom is 0.293 e. The number of aryl methyl sites for hydroxylation is 1. The molecule has 0 radical (unpaired) electrons. The highest BCUT2D eigenvalue weighted by Crippen LogP contribution is 2.25. The summed E-state index contributed by atoms with van der Waals surface area (Å²) in [7, 11) is 0. The van der Waals surface area contributed by atoms with Crippen molar-refractivity contribution in [2.75, 3.05) is 49.1 Å². The average Bonchev–Trinajstić information content (AvgIpc) is 2.88. The Balaban J connectivity index is 1.22. The van der Waals surface area contributed by atoms with Crippen molar-refractivity contribution in [2.24, 2.45) is 5.92 Å². The Kier molecular flexibility index (Phi) is 6.46. The fourth-order valence-corrected chi connectivity index (χ4v) is 5.34. The van der Waals surface area contributed by atoms with Crippen molar-refractivity contribution in [3.8, 4) is 0 Å². The first kappa shape index (κ1) is 22.7. The summed E-state index contributed by atoms with van der Waals surface area (Å²) < 4.78 is 1.79. The molecular formula is C26H30ClN5O2. The summed E-state index contributed by atoms with van der Waals surface area (Å²) in [6.07, 6.45) is 1.49. The molecule has 34 heavy (non-hydrogen) atoms. The van der Waals surface area contributed by atoms with Gasteiger partial charge in [0.2, 0.25) is 5.91 Å². The molecule has 2 saturated heterocycles. The van der Waals surface area contributed by atoms with Crippen molar-refractivity contribution in [1.82, 2.24) is 14.5 Å². The van der Waals surface area contributed by atoms with Crippen LogP contribution in [0.5, 0.6) is 0 Å². The third-order valence-electron chi connectivity index (χ3n) is 7.06. The fourth-order valence-electron chi connectivity index (χ4n) is 5.15. The summed E-state index contributed by atoms with van der Waals surface area (Å²) in [4.78, 5) is 37.4. The van der Waals surface area contributed by atoms with E-state index < -0.39 is 0 Å². The van der Waals surface area contributed by atoms with Crippen molar-refractivity contribution in [2.45, 2.75) is 26.3 Å². The number of hydrogen-bond acceptors (Lipinski definition) is 5. The first-order chi connectivity index (χ1) is 16.5. The molecule has 178 valence electrons. The van der Waals surface area contributed by atoms with E-state index in [1.54, 1.807) is 4.57 Å². The second-order valence-electron chi connectivity index (χ2n) is 9.03. The SMILES string of the molecule is CCn1c(=O)c(N2CCC(C(=O)N3CCN(c4cccc(Cl)c4)CC3)CC2)nc2ccccc21. The third-order valence-corrected chi connectivity index (χ3v) is 7.30. The number of piperidine rings is 1. The zero-order chi connectivity index (χ0) is 23.7. The van der Waals surface area contributed by atoms with Crippen LogP contribution >= 0.6 is 11.6 Å². The van der Waals surface area contributed by atoms with Crippen molar-refractivity contribution < 1.29 is 4.79 Å². The number of para-hydroxylation sites is 2. The number of halogens is 1. The first-order valence-corrected chi connectivity index (χ1v) is 12.5. The molecule has 5 rings (SSSR count). The van der Waals surface area contributed by atoms with Crippen LogP contribution < -0.4 is 15.4 Å². The van der Waals surface area contributed by atoms with E-state index in [0.717, 1.165) is 60.8 Å². The van der Waals surface area contributed by atoms with Gasteiger partial charge in [-0.15, -0.1) is 0 Å². The molecule has 0 aliphatic carbocycles. The van der Waals surface area contributed by atoms with E-state index in [2.05, 4.69) is 15.9 Å². The number of nitrogens with zero attached hydrogens (tertiary/aromatic N) is 5. The Morgan fingerprint density at radius 3 is 2.41 bits per heavy atom. The first-order valence-electron chi connectivity index (χ1n) is 12.1. The van der Waals surface area contributed by atoms with Crippen molar-refractivity contribution in [3.05, 3.63) is 63.9 Å². The van der Waals surface area contributed by atoms with E-state index in [9.17, 15) is 9.59 Å². The molecule has 0 saturated carbocycles. The van der Waals surface area contributed by atoms with E-state index in [1.165, 1.54) is 0 Å². The van der Waals surface area contributed by atoms with E-state index in [1.807, 2.05) is 54.3 Å². The maximum absolute atomic E-state index is 13.2. The van der Waals surface area contributed by atoms with Crippen LogP contribution in [0, 0.1) is 5.92 Å². The number of rotatable bonds is 4. The number of aromatic nitrogens is 2. The smallest absolute Gasteiger partial charge is 0.293 e. The largest absolute Gasteiger partial charge is 0.368 e. The van der Waals surface area contributed by atoms with Crippen molar-refractivity contribution in [3.63, 3.8) is 0 Å². The molecule has 1 amide bonds. The molecule has 2 aromatic carbocycles. The van der Waals surface area contributed by atoms with Crippen LogP contribution in [0.1, 0.15) is 19.8 Å². The predicted octanol–water partition coefficient (Wildman–Crippen LogP) is 3.64. The van der Waals surface area contributed by atoms with Gasteiger partial charge in [-0.2, -0.15) is 0 Å². The quantitative estimate of drug-likeness (QED) is 0.571. The minimum Gasteiger partial charge on any atom is -0.368 e. The molecule has 2 aliphatic rings. The van der Waals surface area contributed by atoms with Gasteiger partial charge in [-0.05, 0) is 50.1 Å². The molecule has 0 bridgehead atoms. The zero-order valence-corrected chi connectivity index (χ0v) is 20.2. The van der Waals surface area contributed by atoms with Gasteiger partial charge >= 0.3 is 0 Å². The lowest BCUT2D eigenvalue weighted by Gasteiger charge is -2.39. The summed E-state index contributed by atoms with van der Waals surface area (Å²) in [6.45, 7) is 6.98. The molecular weight excluding hydrogens is 450 g/mol. The number of amides is 1. The van der Waals surface area contributed by atoms with Gasteiger partial charge in [0.15, 0.2) is 5.82 Å². The number of carbonyl (C=O) groups is 1. The molecule has 0 spiro atoms. The zero-order valence-electron chi connectivity index (χ0n) is 19.5. The lowest BCUT2D eigenvalue weighted by molar-refractivity contribution is -0.136. The van der Waals surface area contributed by atoms with Gasteiger partial charge in [0.1, 0.15) is 0 Å². The molecule has 0 atom stereocenters. The number of carbonyl (C=O) groups excluding carboxylic acids is 1. The summed E-state index contributed by atoms with van der Waals surface area (Å²) in [5.41, 5.74) is 2.74. The second kappa shape index (κ2) is 9.66. The summed E-state index contributed by atoms with van der Waals surface area (Å²) >= 11 is 6.14. The van der Waals surface area contributed by atoms with E-state index >= 15 is 0 Å². The molecule has 0 N–H and O–H groups in total. The van der Waals surface area contributed by atoms with Crippen LogP contribution in [0.3, 0.4) is 0 Å². The monoisotopic (exact) mass is 479 g/mol. The van der Waals surface area contributed by atoms with Gasteiger partial charge in [0.25, 0.3) is 5.56 Å². The minimum atomic E-state index is -0.0527. The second-order valence-corrected chi connectivity index (χ2v) is 9.46. The Morgan fingerprint density at radius 2 is 1.71 bits per heavy atom. The van der Waals surface area contributed by atoms with Gasteiger partial charge in [0.05, 0.1) is 11.0 Å². The van der Waals surface area contributed by atoms with E-state index in [4.69, 9.17) is 16.6 Å². The van der Waals surface area contributed by atoms with Crippen LogP contribution in [-0.2, 0) is 11.3 Å². The molecule has 8 heteroatoms. The summed E-state index contributed by atoms with van der Waals surface area (Å²) in [5.74, 6) is 0.743. The third kappa shape index (κ3) is 4.37. The highest BCUT2D eigenvalue weighted by molar-refractivity contribution is 6.30. The Morgan fingerprint density at radius 1 is 0.971 bits per heavy atom. The lowest BCUT2D eigenvalue weighted by atomic mass is 9.95. The predicted molar refractivity (Wildman–Crippen MR) is 137 cm³/mol. The highest BCUT2D eigenvalue weighted by Gasteiger charge is 2.31. The lowest BCUT2D eigenvalue weighted by Crippen LogP contribution is -2.52. The Labute approximate surface area is 204 Å². The van der Waals surface area contributed by atoms with Gasteiger partial charge in [-0.3, -0.25) is 9.59 Å². The van der Waals surface area contributed by atoms with E-state index in [0.29, 0.717) is 25.5 Å². The molecule has 3 aromatic rings. The van der Waals surface area contributed by atoms with Gasteiger partial charge in [0, 0.05) is 62.4 Å². The molecule has 1 aromatic heterocycles. The Bertz CT molecular complexity index is 1240. The number of hydrogen-bond donors (Lipinski definition) is 0. The normalized spacial score (nSPS) is 17.4. The number of benzene rings is 2. The van der Waals surface area contributed by atoms with Gasteiger partial charge in [-0.1, -0.05) is 29.8 Å². The standard InChI is InChI=1S/C26H30ClN5O2/c1-2-32-23-9-4-3-8-22(23)28-24(26(32)34)30-12-10-19(11-13-30)25(33)31-16-14-29(15-17-31)21-7-5-6-20(27)18-21/h3-9,18-19H,2,10-17H2,1H3. The van der Waals surface area contributed by atoms with Crippen LogP contribution in [0.25, 0.3) is 11.0 Å². The molecule has 3 heterocycles. The van der Waals surface area contributed by atoms with Gasteiger partial charge in [-0.25, -0.2) is 4.98 Å². The van der Waals surface area contributed by atoms with Crippen LogP contribution in [0.2, 0.25) is 5.02 Å². The number of fused-ring (bicyclic) bond motifs is 1. The molecule has 2 aliphatic heterocycles. The molecule has 2 fully saturated rings. The van der Waals surface area contributed by atoms with Crippen molar-refractivity contribution >= 4 is 40.0 Å². The summed E-state index contributed by atoms with van der Waals surface area (Å²) in [5, 5.41) is 0.731. The summed E-state index contributed by atoms with van der Waals surface area (Å²) in [6, 6.07) is 15.6. The minimum absolute atomic E-state index is 0.00262. The van der Waals surface area contributed by atoms with Crippen LogP contribution in [0.4, 0.5) is 11.5 Å². The fraction of sp³-hybridized carbons (Fsp3) is 0.423. The van der Waals surface area contributed by atoms with Crippen LogP contribution in [0.15, 0.2) is 53.3 Å². The number of anilines is 2. The Hall–Kier alpha value is -3.06.